The molecular weight excluding hydrogens is 188 g/mol. The molecule has 4 heterocycles. The first kappa shape index (κ1) is 9.64. The third-order valence-corrected chi connectivity index (χ3v) is 4.29. The van der Waals surface area contributed by atoms with Gasteiger partial charge in [-0.1, -0.05) is 6.92 Å². The molecule has 0 saturated carbocycles. The lowest BCUT2D eigenvalue weighted by molar-refractivity contribution is -0.133. The molecule has 84 valence electrons. The fraction of sp³-hybridized carbons (Fsp3) is 0.917. The van der Waals surface area contributed by atoms with E-state index in [-0.39, 0.29) is 0 Å². The lowest BCUT2D eigenvalue weighted by Crippen LogP contribution is -2.50. The summed E-state index contributed by atoms with van der Waals surface area (Å²) in [5.74, 6) is 2.00. The number of amides is 1. The molecule has 3 heteroatoms. The molecule has 4 rings (SSSR count). The van der Waals surface area contributed by atoms with Crippen molar-refractivity contribution in [1.82, 2.24) is 9.80 Å². The Morgan fingerprint density at radius 3 is 2.67 bits per heavy atom. The van der Waals surface area contributed by atoms with Crippen LogP contribution in [0.1, 0.15) is 26.2 Å². The van der Waals surface area contributed by atoms with Crippen molar-refractivity contribution in [2.24, 2.45) is 11.8 Å². The van der Waals surface area contributed by atoms with E-state index in [4.69, 9.17) is 0 Å². The summed E-state index contributed by atoms with van der Waals surface area (Å²) in [5.41, 5.74) is 0. The summed E-state index contributed by atoms with van der Waals surface area (Å²) in [4.78, 5) is 16.7. The van der Waals surface area contributed by atoms with Gasteiger partial charge in [-0.15, -0.1) is 0 Å². The molecule has 15 heavy (non-hydrogen) atoms. The van der Waals surface area contributed by atoms with Crippen LogP contribution < -0.4 is 0 Å². The highest BCUT2D eigenvalue weighted by Crippen LogP contribution is 2.36. The molecule has 0 aromatic carbocycles. The first-order chi connectivity index (χ1) is 7.26. The summed E-state index contributed by atoms with van der Waals surface area (Å²) >= 11 is 0. The van der Waals surface area contributed by atoms with E-state index >= 15 is 0 Å². The molecule has 0 aromatic heterocycles. The van der Waals surface area contributed by atoms with Gasteiger partial charge < -0.3 is 9.80 Å². The first-order valence-electron chi connectivity index (χ1n) is 6.28. The zero-order valence-electron chi connectivity index (χ0n) is 9.48. The van der Waals surface area contributed by atoms with Gasteiger partial charge in [-0.2, -0.15) is 0 Å². The maximum absolute atomic E-state index is 11.9. The van der Waals surface area contributed by atoms with Gasteiger partial charge in [0.15, 0.2) is 0 Å². The molecular formula is C12H20N2O. The standard InChI is InChI=1S/C12H20N2O/c1-2-12(15)14-7-10-3-9-4-11(14)8-13(5-9)6-10/h9-11H,2-8H2,1H3. The highest BCUT2D eigenvalue weighted by Gasteiger charge is 2.42. The lowest BCUT2D eigenvalue weighted by atomic mass is 9.84. The third-order valence-electron chi connectivity index (χ3n) is 4.29. The van der Waals surface area contributed by atoms with E-state index in [1.54, 1.807) is 0 Å². The van der Waals surface area contributed by atoms with E-state index in [9.17, 15) is 4.79 Å². The van der Waals surface area contributed by atoms with Gasteiger partial charge in [0.25, 0.3) is 0 Å². The quantitative estimate of drug-likeness (QED) is 0.640. The Morgan fingerprint density at radius 1 is 1.13 bits per heavy atom. The van der Waals surface area contributed by atoms with Crippen LogP contribution in [0, 0.1) is 11.8 Å². The predicted octanol–water partition coefficient (Wildman–Crippen LogP) is 0.949. The van der Waals surface area contributed by atoms with Gasteiger partial charge in [0, 0.05) is 38.6 Å². The maximum Gasteiger partial charge on any atom is 0.222 e. The second kappa shape index (κ2) is 3.48. The number of rotatable bonds is 1. The van der Waals surface area contributed by atoms with E-state index in [1.165, 1.54) is 25.9 Å². The van der Waals surface area contributed by atoms with Gasteiger partial charge in [-0.05, 0) is 24.7 Å². The minimum absolute atomic E-state index is 0.370. The smallest absolute Gasteiger partial charge is 0.222 e. The van der Waals surface area contributed by atoms with E-state index in [2.05, 4.69) is 9.80 Å². The van der Waals surface area contributed by atoms with Crippen LogP contribution in [0.25, 0.3) is 0 Å². The molecule has 4 bridgehead atoms. The van der Waals surface area contributed by atoms with Crippen LogP contribution in [0.3, 0.4) is 0 Å². The van der Waals surface area contributed by atoms with Gasteiger partial charge >= 0.3 is 0 Å². The largest absolute Gasteiger partial charge is 0.338 e. The third kappa shape index (κ3) is 1.57. The number of carbonyl (C=O) groups is 1. The van der Waals surface area contributed by atoms with Crippen LogP contribution >= 0.6 is 0 Å². The maximum atomic E-state index is 11.9. The average Bonchev–Trinajstić information content (AvgIpc) is 2.42. The first-order valence-corrected chi connectivity index (χ1v) is 6.28. The molecule has 3 nitrogen and oxygen atoms in total. The van der Waals surface area contributed by atoms with Crippen LogP contribution in [-0.2, 0) is 4.79 Å². The number of piperidine rings is 2. The van der Waals surface area contributed by atoms with E-state index in [1.807, 2.05) is 6.92 Å². The molecule has 4 aliphatic rings. The number of hydrogen-bond acceptors (Lipinski definition) is 2. The SMILES string of the molecule is CCC(=O)N1CC2CC3CC1CN(C3)C2. The van der Waals surface area contributed by atoms with Crippen LogP contribution in [0.4, 0.5) is 0 Å². The Balaban J connectivity index is 1.85. The van der Waals surface area contributed by atoms with Crippen molar-refractivity contribution in [1.29, 1.82) is 0 Å². The van der Waals surface area contributed by atoms with E-state index in [0.29, 0.717) is 18.4 Å². The zero-order valence-corrected chi connectivity index (χ0v) is 9.48. The molecule has 4 fully saturated rings. The normalized spacial score (nSPS) is 43.1. The summed E-state index contributed by atoms with van der Waals surface area (Å²) in [7, 11) is 0. The molecule has 1 amide bonds. The topological polar surface area (TPSA) is 23.6 Å². The molecule has 0 spiro atoms. The fourth-order valence-corrected chi connectivity index (χ4v) is 3.80. The van der Waals surface area contributed by atoms with Gasteiger partial charge in [0.2, 0.25) is 5.91 Å². The van der Waals surface area contributed by atoms with Crippen LogP contribution in [0.5, 0.6) is 0 Å². The minimum atomic E-state index is 0.370. The fourth-order valence-electron chi connectivity index (χ4n) is 3.80. The average molecular weight is 208 g/mol. The van der Waals surface area contributed by atoms with Gasteiger partial charge in [0.05, 0.1) is 0 Å². The van der Waals surface area contributed by atoms with Crippen molar-refractivity contribution in [2.45, 2.75) is 32.2 Å². The van der Waals surface area contributed by atoms with E-state index < -0.39 is 0 Å². The second-order valence-electron chi connectivity index (χ2n) is 5.48. The second-order valence-corrected chi connectivity index (χ2v) is 5.48. The lowest BCUT2D eigenvalue weighted by Gasteiger charge is -2.41. The Kier molecular flexibility index (Phi) is 2.23. The summed E-state index contributed by atoms with van der Waals surface area (Å²) in [6, 6.07) is 0.531. The van der Waals surface area contributed by atoms with Crippen molar-refractivity contribution in [3.05, 3.63) is 0 Å². The predicted molar refractivity (Wildman–Crippen MR) is 58.4 cm³/mol. The summed E-state index contributed by atoms with van der Waals surface area (Å²) in [5, 5.41) is 0. The van der Waals surface area contributed by atoms with Gasteiger partial charge in [0.1, 0.15) is 0 Å². The molecule has 4 aliphatic heterocycles. The molecule has 0 radical (unpaired) electrons. The number of hydrogen-bond donors (Lipinski definition) is 0. The Labute approximate surface area is 91.4 Å². The van der Waals surface area contributed by atoms with Crippen molar-refractivity contribution in [2.75, 3.05) is 26.2 Å². The van der Waals surface area contributed by atoms with Gasteiger partial charge in [-0.3, -0.25) is 4.79 Å². The molecule has 4 atom stereocenters. The molecule has 0 aromatic rings. The minimum Gasteiger partial charge on any atom is -0.338 e. The molecule has 4 unspecified atom stereocenters. The number of carbonyl (C=O) groups excluding carboxylic acids is 1. The zero-order chi connectivity index (χ0) is 10.4. The van der Waals surface area contributed by atoms with Crippen molar-refractivity contribution in [3.63, 3.8) is 0 Å². The van der Waals surface area contributed by atoms with Gasteiger partial charge in [-0.25, -0.2) is 0 Å². The highest BCUT2D eigenvalue weighted by molar-refractivity contribution is 5.76. The summed E-state index contributed by atoms with van der Waals surface area (Å²) in [6.07, 6.45) is 3.30. The molecule has 4 saturated heterocycles. The van der Waals surface area contributed by atoms with E-state index in [0.717, 1.165) is 24.9 Å². The number of nitrogens with zero attached hydrogens (tertiary/aromatic N) is 2. The summed E-state index contributed by atoms with van der Waals surface area (Å²) < 4.78 is 0. The van der Waals surface area contributed by atoms with Crippen LogP contribution in [-0.4, -0.2) is 47.9 Å². The Bertz CT molecular complexity index is 265. The molecule has 0 N–H and O–H groups in total. The monoisotopic (exact) mass is 208 g/mol. The molecule has 0 aliphatic carbocycles. The van der Waals surface area contributed by atoms with Crippen LogP contribution in [0.15, 0.2) is 0 Å². The Morgan fingerprint density at radius 2 is 1.93 bits per heavy atom. The van der Waals surface area contributed by atoms with Crippen molar-refractivity contribution < 1.29 is 4.79 Å². The summed E-state index contributed by atoms with van der Waals surface area (Å²) in [6.45, 7) is 6.68. The highest BCUT2D eigenvalue weighted by atomic mass is 16.2. The Hall–Kier alpha value is -0.570. The van der Waals surface area contributed by atoms with Crippen molar-refractivity contribution in [3.8, 4) is 0 Å². The van der Waals surface area contributed by atoms with Crippen LogP contribution in [0.2, 0.25) is 0 Å². The number of fused-ring (bicyclic) bond motifs is 1. The van der Waals surface area contributed by atoms with Crippen molar-refractivity contribution >= 4 is 5.91 Å².